The summed E-state index contributed by atoms with van der Waals surface area (Å²) in [7, 11) is 6.49. The minimum atomic E-state index is 0.668. The molecule has 0 atom stereocenters. The lowest BCUT2D eigenvalue weighted by molar-refractivity contribution is -0.891. The maximum Gasteiger partial charge on any atom is 0.102 e. The molecule has 1 fully saturated rings. The zero-order valence-corrected chi connectivity index (χ0v) is 14.0. The van der Waals surface area contributed by atoms with E-state index in [0.29, 0.717) is 26.4 Å². The summed E-state index contributed by atoms with van der Waals surface area (Å²) in [5.41, 5.74) is 0. The molecule has 6 nitrogen and oxygen atoms in total. The third-order valence-corrected chi connectivity index (χ3v) is 3.66. The average Bonchev–Trinajstić information content (AvgIpc) is 2.43. The first-order valence-corrected chi connectivity index (χ1v) is 7.92. The molecule has 1 aliphatic rings. The van der Waals surface area contributed by atoms with E-state index in [4.69, 9.17) is 18.9 Å². The van der Waals surface area contributed by atoms with Gasteiger partial charge in [-0.3, -0.25) is 0 Å². The number of ether oxygens (including phenoxy) is 4. The van der Waals surface area contributed by atoms with Crippen molar-refractivity contribution in [1.29, 1.82) is 0 Å². The van der Waals surface area contributed by atoms with Crippen molar-refractivity contribution in [3.8, 4) is 0 Å². The van der Waals surface area contributed by atoms with Crippen LogP contribution in [-0.4, -0.2) is 110 Å². The van der Waals surface area contributed by atoms with E-state index in [1.807, 2.05) is 0 Å². The Hall–Kier alpha value is -0.240. The van der Waals surface area contributed by atoms with E-state index < -0.39 is 0 Å². The Morgan fingerprint density at radius 2 is 1.00 bits per heavy atom. The topological polar surface area (TPSA) is 40.2 Å². The second-order valence-corrected chi connectivity index (χ2v) is 6.14. The molecule has 0 aromatic rings. The van der Waals surface area contributed by atoms with Crippen LogP contribution in [0.4, 0.5) is 0 Å². The number of quaternary nitrogens is 1. The van der Waals surface area contributed by atoms with Crippen LogP contribution >= 0.6 is 0 Å². The number of nitrogens with zero attached hydrogens (tertiary/aromatic N) is 2. The molecule has 1 rings (SSSR count). The van der Waals surface area contributed by atoms with Gasteiger partial charge < -0.3 is 28.3 Å². The SMILES string of the molecule is CN1CCOCCOCC[N+](C)(C)CCOCCOCC1. The van der Waals surface area contributed by atoms with Crippen LogP contribution in [0.5, 0.6) is 0 Å². The maximum absolute atomic E-state index is 5.63. The van der Waals surface area contributed by atoms with Crippen LogP contribution in [-0.2, 0) is 18.9 Å². The normalized spacial score (nSPS) is 25.9. The molecular formula is C15H33N2O4+. The molecule has 0 radical (unpaired) electrons. The molecule has 0 spiro atoms. The van der Waals surface area contributed by atoms with Crippen molar-refractivity contribution in [2.75, 3.05) is 100 Å². The highest BCUT2D eigenvalue weighted by molar-refractivity contribution is 4.50. The zero-order valence-electron chi connectivity index (χ0n) is 14.0. The van der Waals surface area contributed by atoms with Crippen molar-refractivity contribution < 1.29 is 23.4 Å². The van der Waals surface area contributed by atoms with Crippen LogP contribution in [0.15, 0.2) is 0 Å². The largest absolute Gasteiger partial charge is 0.378 e. The van der Waals surface area contributed by atoms with Gasteiger partial charge >= 0.3 is 0 Å². The number of likely N-dealkylation sites (N-methyl/N-ethyl adjacent to an activating group) is 2. The molecule has 0 bridgehead atoms. The van der Waals surface area contributed by atoms with E-state index in [0.717, 1.165) is 57.1 Å². The van der Waals surface area contributed by atoms with E-state index in [1.54, 1.807) is 0 Å². The second-order valence-electron chi connectivity index (χ2n) is 6.14. The van der Waals surface area contributed by atoms with Gasteiger partial charge in [-0.2, -0.15) is 0 Å². The summed E-state index contributed by atoms with van der Waals surface area (Å²) in [5, 5.41) is 0. The first-order valence-electron chi connectivity index (χ1n) is 7.92. The van der Waals surface area contributed by atoms with Gasteiger partial charge in [0, 0.05) is 13.1 Å². The van der Waals surface area contributed by atoms with E-state index in [2.05, 4.69) is 26.0 Å². The molecule has 6 heteroatoms. The maximum atomic E-state index is 5.63. The van der Waals surface area contributed by atoms with Gasteiger partial charge in [-0.25, -0.2) is 0 Å². The molecular weight excluding hydrogens is 272 g/mol. The van der Waals surface area contributed by atoms with Crippen molar-refractivity contribution in [3.05, 3.63) is 0 Å². The molecule has 21 heavy (non-hydrogen) atoms. The predicted molar refractivity (Wildman–Crippen MR) is 82.6 cm³/mol. The molecule has 1 heterocycles. The monoisotopic (exact) mass is 305 g/mol. The summed E-state index contributed by atoms with van der Waals surface area (Å²) >= 11 is 0. The Labute approximate surface area is 129 Å². The molecule has 126 valence electrons. The third kappa shape index (κ3) is 11.0. The van der Waals surface area contributed by atoms with Gasteiger partial charge in [0.1, 0.15) is 13.1 Å². The van der Waals surface area contributed by atoms with Crippen LogP contribution in [0.3, 0.4) is 0 Å². The molecule has 0 aliphatic carbocycles. The Morgan fingerprint density at radius 3 is 1.43 bits per heavy atom. The Kier molecular flexibility index (Phi) is 10.2. The van der Waals surface area contributed by atoms with Crippen molar-refractivity contribution in [2.24, 2.45) is 0 Å². The van der Waals surface area contributed by atoms with Gasteiger partial charge in [-0.1, -0.05) is 0 Å². The Balaban J connectivity index is 2.24. The van der Waals surface area contributed by atoms with Gasteiger partial charge in [0.15, 0.2) is 0 Å². The second kappa shape index (κ2) is 11.3. The highest BCUT2D eigenvalue weighted by atomic mass is 16.5. The zero-order chi connectivity index (χ0) is 15.4. The number of rotatable bonds is 0. The smallest absolute Gasteiger partial charge is 0.102 e. The summed E-state index contributed by atoms with van der Waals surface area (Å²) < 4.78 is 23.3. The van der Waals surface area contributed by atoms with Crippen LogP contribution in [0, 0.1) is 0 Å². The van der Waals surface area contributed by atoms with Crippen LogP contribution in [0.2, 0.25) is 0 Å². The van der Waals surface area contributed by atoms with Crippen LogP contribution < -0.4 is 0 Å². The first-order chi connectivity index (χ1) is 10.1. The first kappa shape index (κ1) is 18.8. The fraction of sp³-hybridized carbons (Fsp3) is 1.00. The van der Waals surface area contributed by atoms with Gasteiger partial charge in [-0.05, 0) is 7.05 Å². The van der Waals surface area contributed by atoms with E-state index in [1.165, 1.54) is 0 Å². The fourth-order valence-corrected chi connectivity index (χ4v) is 1.93. The minimum Gasteiger partial charge on any atom is -0.378 e. The molecule has 0 saturated carbocycles. The molecule has 0 aromatic carbocycles. The standard InChI is InChI=1S/C15H33N2O4/c1-16-4-8-18-12-14-20-10-6-17(2,3)7-11-21-15-13-19-9-5-16/h4-15H2,1-3H3/q+1. The average molecular weight is 305 g/mol. The van der Waals surface area contributed by atoms with Crippen LogP contribution in [0.25, 0.3) is 0 Å². The van der Waals surface area contributed by atoms with Crippen molar-refractivity contribution in [3.63, 3.8) is 0 Å². The Morgan fingerprint density at radius 1 is 0.619 bits per heavy atom. The molecule has 1 aliphatic heterocycles. The van der Waals surface area contributed by atoms with Gasteiger partial charge in [-0.15, -0.1) is 0 Å². The molecule has 1 saturated heterocycles. The van der Waals surface area contributed by atoms with Crippen LogP contribution in [0.1, 0.15) is 0 Å². The van der Waals surface area contributed by atoms with E-state index in [-0.39, 0.29) is 0 Å². The number of hydrogen-bond donors (Lipinski definition) is 0. The lowest BCUT2D eigenvalue weighted by Gasteiger charge is -2.29. The predicted octanol–water partition coefficient (Wildman–Crippen LogP) is 0.0746. The summed E-state index contributed by atoms with van der Waals surface area (Å²) in [5.74, 6) is 0. The van der Waals surface area contributed by atoms with Crippen molar-refractivity contribution >= 4 is 0 Å². The molecule has 0 unspecified atom stereocenters. The lowest BCUT2D eigenvalue weighted by Crippen LogP contribution is -2.45. The highest BCUT2D eigenvalue weighted by Crippen LogP contribution is 1.97. The van der Waals surface area contributed by atoms with Gasteiger partial charge in [0.2, 0.25) is 0 Å². The van der Waals surface area contributed by atoms with Crippen molar-refractivity contribution in [1.82, 2.24) is 4.90 Å². The third-order valence-electron chi connectivity index (χ3n) is 3.66. The summed E-state index contributed by atoms with van der Waals surface area (Å²) in [4.78, 5) is 2.21. The fourth-order valence-electron chi connectivity index (χ4n) is 1.93. The highest BCUT2D eigenvalue weighted by Gasteiger charge is 2.14. The minimum absolute atomic E-state index is 0.668. The van der Waals surface area contributed by atoms with Crippen molar-refractivity contribution in [2.45, 2.75) is 0 Å². The van der Waals surface area contributed by atoms with E-state index >= 15 is 0 Å². The summed E-state index contributed by atoms with van der Waals surface area (Å²) in [6.45, 7) is 9.50. The van der Waals surface area contributed by atoms with E-state index in [9.17, 15) is 0 Å². The summed E-state index contributed by atoms with van der Waals surface area (Å²) in [6.07, 6.45) is 0. The van der Waals surface area contributed by atoms with Gasteiger partial charge in [0.05, 0.1) is 67.0 Å². The van der Waals surface area contributed by atoms with Gasteiger partial charge in [0.25, 0.3) is 0 Å². The Bertz CT molecular complexity index is 230. The molecule has 0 amide bonds. The number of hydrogen-bond acceptors (Lipinski definition) is 5. The molecule has 0 N–H and O–H groups in total. The quantitative estimate of drug-likeness (QED) is 0.593. The summed E-state index contributed by atoms with van der Waals surface area (Å²) in [6, 6.07) is 0. The lowest BCUT2D eigenvalue weighted by atomic mass is 10.4. The molecule has 0 aromatic heterocycles.